The van der Waals surface area contributed by atoms with Crippen LogP contribution in [0.25, 0.3) is 0 Å². The summed E-state index contributed by atoms with van der Waals surface area (Å²) in [7, 11) is 1.44. The molecule has 0 spiro atoms. The molecule has 0 aliphatic rings. The molecule has 116 valence electrons. The van der Waals surface area contributed by atoms with Crippen LogP contribution in [0.4, 0.5) is 14.9 Å². The number of hydrogen-bond acceptors (Lipinski definition) is 3. The Morgan fingerprint density at radius 2 is 2.10 bits per heavy atom. The van der Waals surface area contributed by atoms with Crippen LogP contribution in [0.3, 0.4) is 0 Å². The van der Waals surface area contributed by atoms with Crippen LogP contribution in [-0.2, 0) is 4.79 Å². The molecule has 0 aliphatic carbocycles. The van der Waals surface area contributed by atoms with Gasteiger partial charge in [0.15, 0.2) is 0 Å². The fourth-order valence-corrected chi connectivity index (χ4v) is 1.72. The van der Waals surface area contributed by atoms with Crippen LogP contribution in [-0.4, -0.2) is 41.7 Å². The number of methoxy groups -OCH3 is 1. The lowest BCUT2D eigenvalue weighted by molar-refractivity contribution is -0.137. The summed E-state index contributed by atoms with van der Waals surface area (Å²) in [4.78, 5) is 24.1. The van der Waals surface area contributed by atoms with Crippen molar-refractivity contribution < 1.29 is 23.8 Å². The van der Waals surface area contributed by atoms with E-state index in [1.807, 2.05) is 0 Å². The maximum absolute atomic E-state index is 13.7. The molecule has 0 heterocycles. The Morgan fingerprint density at radius 1 is 1.43 bits per heavy atom. The van der Waals surface area contributed by atoms with Gasteiger partial charge in [0.25, 0.3) is 0 Å². The van der Waals surface area contributed by atoms with Gasteiger partial charge in [-0.1, -0.05) is 0 Å². The van der Waals surface area contributed by atoms with Crippen LogP contribution in [0.1, 0.15) is 20.3 Å². The van der Waals surface area contributed by atoms with E-state index in [1.165, 1.54) is 30.2 Å². The number of halogens is 1. The van der Waals surface area contributed by atoms with E-state index in [4.69, 9.17) is 9.84 Å². The van der Waals surface area contributed by atoms with E-state index < -0.39 is 17.8 Å². The molecular weight excluding hydrogens is 279 g/mol. The van der Waals surface area contributed by atoms with Crippen LogP contribution in [0.15, 0.2) is 18.2 Å². The van der Waals surface area contributed by atoms with E-state index in [0.29, 0.717) is 5.75 Å². The van der Waals surface area contributed by atoms with E-state index >= 15 is 0 Å². The Balaban J connectivity index is 2.83. The average molecular weight is 298 g/mol. The van der Waals surface area contributed by atoms with Gasteiger partial charge < -0.3 is 20.1 Å². The zero-order chi connectivity index (χ0) is 16.0. The summed E-state index contributed by atoms with van der Waals surface area (Å²) in [6, 6.07) is 3.22. The highest BCUT2D eigenvalue weighted by Gasteiger charge is 2.19. The zero-order valence-corrected chi connectivity index (χ0v) is 12.2. The molecule has 1 aromatic carbocycles. The highest BCUT2D eigenvalue weighted by molar-refractivity contribution is 5.90. The second kappa shape index (κ2) is 7.47. The number of carboxylic acid groups (broad SMARTS) is 1. The predicted octanol–water partition coefficient (Wildman–Crippen LogP) is 2.55. The second-order valence-electron chi connectivity index (χ2n) is 4.71. The Kier molecular flexibility index (Phi) is 5.95. The molecule has 0 bridgehead atoms. The van der Waals surface area contributed by atoms with Crippen molar-refractivity contribution >= 4 is 17.7 Å². The number of anilines is 1. The maximum Gasteiger partial charge on any atom is 0.322 e. The first-order chi connectivity index (χ1) is 9.85. The van der Waals surface area contributed by atoms with Gasteiger partial charge in [0, 0.05) is 18.7 Å². The quantitative estimate of drug-likeness (QED) is 0.846. The van der Waals surface area contributed by atoms with E-state index in [0.717, 1.165) is 0 Å². The number of amides is 2. The third kappa shape index (κ3) is 4.94. The molecule has 0 saturated heterocycles. The largest absolute Gasteiger partial charge is 0.497 e. The Hall–Kier alpha value is -2.31. The van der Waals surface area contributed by atoms with Crippen molar-refractivity contribution in [3.05, 3.63) is 24.0 Å². The third-order valence-electron chi connectivity index (χ3n) is 2.87. The van der Waals surface area contributed by atoms with Crippen LogP contribution >= 0.6 is 0 Å². The van der Waals surface area contributed by atoms with Crippen LogP contribution in [0.2, 0.25) is 0 Å². The fourth-order valence-electron chi connectivity index (χ4n) is 1.72. The van der Waals surface area contributed by atoms with Gasteiger partial charge in [0.2, 0.25) is 0 Å². The van der Waals surface area contributed by atoms with Gasteiger partial charge in [-0.15, -0.1) is 0 Å². The molecule has 0 aromatic heterocycles. The number of ether oxygens (including phenoxy) is 1. The minimum absolute atomic E-state index is 0.0136. The standard InChI is InChI=1S/C14H19FN2O4/c1-9(2)17(7-6-13(18)19)14(20)16-12-8-10(21-3)4-5-11(12)15/h4-5,8-9H,6-7H2,1-3H3,(H,16,20)(H,18,19). The van der Waals surface area contributed by atoms with Crippen molar-refractivity contribution in [2.24, 2.45) is 0 Å². The van der Waals surface area contributed by atoms with Crippen molar-refractivity contribution in [2.45, 2.75) is 26.3 Å². The molecule has 7 heteroatoms. The van der Waals surface area contributed by atoms with Gasteiger partial charge in [-0.2, -0.15) is 0 Å². The number of benzene rings is 1. The number of nitrogens with zero attached hydrogens (tertiary/aromatic N) is 1. The van der Waals surface area contributed by atoms with Crippen molar-refractivity contribution in [3.63, 3.8) is 0 Å². The molecule has 0 radical (unpaired) electrons. The van der Waals surface area contributed by atoms with E-state index in [1.54, 1.807) is 13.8 Å². The van der Waals surface area contributed by atoms with E-state index in [-0.39, 0.29) is 24.7 Å². The number of hydrogen-bond donors (Lipinski definition) is 2. The lowest BCUT2D eigenvalue weighted by atomic mass is 10.2. The summed E-state index contributed by atoms with van der Waals surface area (Å²) in [5.74, 6) is -1.18. The van der Waals surface area contributed by atoms with Crippen LogP contribution in [0, 0.1) is 5.82 Å². The summed E-state index contributed by atoms with van der Waals surface area (Å²) < 4.78 is 18.6. The fraction of sp³-hybridized carbons (Fsp3) is 0.429. The molecular formula is C14H19FN2O4. The number of carbonyl (C=O) groups is 2. The molecule has 2 N–H and O–H groups in total. The SMILES string of the molecule is COc1ccc(F)c(NC(=O)N(CCC(=O)O)C(C)C)c1. The Bertz CT molecular complexity index is 520. The van der Waals surface area contributed by atoms with Gasteiger partial charge in [0.1, 0.15) is 11.6 Å². The first kappa shape index (κ1) is 16.7. The molecule has 0 atom stereocenters. The lowest BCUT2D eigenvalue weighted by Crippen LogP contribution is -2.41. The minimum atomic E-state index is -0.999. The van der Waals surface area contributed by atoms with Gasteiger partial charge in [-0.3, -0.25) is 4.79 Å². The highest BCUT2D eigenvalue weighted by atomic mass is 19.1. The van der Waals surface area contributed by atoms with E-state index in [9.17, 15) is 14.0 Å². The molecule has 6 nitrogen and oxygen atoms in total. The van der Waals surface area contributed by atoms with Gasteiger partial charge in [0.05, 0.1) is 19.2 Å². The molecule has 0 saturated carbocycles. The summed E-state index contributed by atoms with van der Waals surface area (Å²) in [6.07, 6.45) is -0.174. The molecule has 0 fully saturated rings. The first-order valence-corrected chi connectivity index (χ1v) is 6.48. The predicted molar refractivity (Wildman–Crippen MR) is 76.1 cm³/mol. The average Bonchev–Trinajstić information content (AvgIpc) is 2.40. The minimum Gasteiger partial charge on any atom is -0.497 e. The first-order valence-electron chi connectivity index (χ1n) is 6.48. The van der Waals surface area contributed by atoms with Gasteiger partial charge in [-0.05, 0) is 26.0 Å². The molecule has 21 heavy (non-hydrogen) atoms. The highest BCUT2D eigenvalue weighted by Crippen LogP contribution is 2.21. The molecule has 1 rings (SSSR count). The molecule has 1 aromatic rings. The van der Waals surface area contributed by atoms with E-state index in [2.05, 4.69) is 5.32 Å². The zero-order valence-electron chi connectivity index (χ0n) is 12.2. The molecule has 0 aliphatic heterocycles. The number of aliphatic carboxylic acids is 1. The molecule has 0 unspecified atom stereocenters. The number of urea groups is 1. The second-order valence-corrected chi connectivity index (χ2v) is 4.71. The van der Waals surface area contributed by atoms with Crippen molar-refractivity contribution in [3.8, 4) is 5.75 Å². The lowest BCUT2D eigenvalue weighted by Gasteiger charge is -2.26. The van der Waals surface area contributed by atoms with Gasteiger partial charge >= 0.3 is 12.0 Å². The Labute approximate surface area is 122 Å². The molecule has 2 amide bonds. The Morgan fingerprint density at radius 3 is 2.62 bits per heavy atom. The van der Waals surface area contributed by atoms with Crippen LogP contribution in [0.5, 0.6) is 5.75 Å². The number of rotatable bonds is 6. The maximum atomic E-state index is 13.7. The van der Waals surface area contributed by atoms with Crippen molar-refractivity contribution in [1.29, 1.82) is 0 Å². The summed E-state index contributed by atoms with van der Waals surface area (Å²) >= 11 is 0. The topological polar surface area (TPSA) is 78.9 Å². The van der Waals surface area contributed by atoms with Crippen molar-refractivity contribution in [2.75, 3.05) is 19.0 Å². The number of carboxylic acids is 1. The van der Waals surface area contributed by atoms with Crippen molar-refractivity contribution in [1.82, 2.24) is 4.90 Å². The normalized spacial score (nSPS) is 10.3. The monoisotopic (exact) mass is 298 g/mol. The smallest absolute Gasteiger partial charge is 0.322 e. The van der Waals surface area contributed by atoms with Crippen LogP contribution < -0.4 is 10.1 Å². The number of carbonyl (C=O) groups excluding carboxylic acids is 1. The third-order valence-corrected chi connectivity index (χ3v) is 2.87. The number of nitrogens with one attached hydrogen (secondary N) is 1. The summed E-state index contributed by atoms with van der Waals surface area (Å²) in [5, 5.41) is 11.1. The summed E-state index contributed by atoms with van der Waals surface area (Å²) in [5.41, 5.74) is -0.0136. The van der Waals surface area contributed by atoms with Gasteiger partial charge in [-0.25, -0.2) is 9.18 Å². The summed E-state index contributed by atoms with van der Waals surface area (Å²) in [6.45, 7) is 3.55.